The summed E-state index contributed by atoms with van der Waals surface area (Å²) in [5.41, 5.74) is 0.976. The van der Waals surface area contributed by atoms with Gasteiger partial charge in [-0.25, -0.2) is 0 Å². The van der Waals surface area contributed by atoms with Gasteiger partial charge in [0.25, 0.3) is 0 Å². The van der Waals surface area contributed by atoms with E-state index in [0.29, 0.717) is 36.3 Å². The van der Waals surface area contributed by atoms with Gasteiger partial charge < -0.3 is 18.9 Å². The van der Waals surface area contributed by atoms with E-state index in [9.17, 15) is 4.79 Å². The van der Waals surface area contributed by atoms with Crippen molar-refractivity contribution < 1.29 is 14.3 Å². The molecule has 0 aliphatic heterocycles. The number of hydrogen-bond acceptors (Lipinski definition) is 6. The number of ether oxygens (including phenoxy) is 2. The van der Waals surface area contributed by atoms with Gasteiger partial charge >= 0.3 is 0 Å². The highest BCUT2D eigenvalue weighted by Crippen LogP contribution is 2.40. The van der Waals surface area contributed by atoms with Gasteiger partial charge in [-0.3, -0.25) is 4.79 Å². The van der Waals surface area contributed by atoms with E-state index in [1.807, 2.05) is 24.3 Å². The van der Waals surface area contributed by atoms with Crippen LogP contribution in [0.3, 0.4) is 0 Å². The molecular weight excluding hydrogens is 376 g/mol. The zero-order valence-corrected chi connectivity index (χ0v) is 17.4. The Bertz CT molecular complexity index is 848. The molecule has 8 heteroatoms. The highest BCUT2D eigenvalue weighted by atomic mass is 32.2. The first-order valence-corrected chi connectivity index (χ1v) is 10.2. The molecule has 1 aromatic heterocycles. The van der Waals surface area contributed by atoms with Crippen LogP contribution in [-0.2, 0) is 17.9 Å². The molecule has 28 heavy (non-hydrogen) atoms. The summed E-state index contributed by atoms with van der Waals surface area (Å²) in [6.07, 6.45) is 4.16. The third-order valence-electron chi connectivity index (χ3n) is 4.62. The maximum atomic E-state index is 12.6. The van der Waals surface area contributed by atoms with E-state index >= 15 is 0 Å². The number of thioether (sulfide) groups is 1. The molecule has 0 saturated heterocycles. The summed E-state index contributed by atoms with van der Waals surface area (Å²) in [5, 5.41) is 9.37. The lowest BCUT2D eigenvalue weighted by atomic mass is 10.2. The molecule has 1 fully saturated rings. The Morgan fingerprint density at radius 1 is 1.32 bits per heavy atom. The topological polar surface area (TPSA) is 69.5 Å². The van der Waals surface area contributed by atoms with Crippen molar-refractivity contribution in [3.05, 3.63) is 42.2 Å². The molecular formula is C20H26N4O3S. The largest absolute Gasteiger partial charge is 0.493 e. The van der Waals surface area contributed by atoms with Gasteiger partial charge in [-0.2, -0.15) is 0 Å². The maximum absolute atomic E-state index is 12.6. The quantitative estimate of drug-likeness (QED) is 0.449. The van der Waals surface area contributed by atoms with Crippen molar-refractivity contribution in [2.45, 2.75) is 37.0 Å². The minimum atomic E-state index is 0.0286. The summed E-state index contributed by atoms with van der Waals surface area (Å²) in [4.78, 5) is 14.3. The van der Waals surface area contributed by atoms with Gasteiger partial charge in [-0.05, 0) is 30.5 Å². The van der Waals surface area contributed by atoms with E-state index in [4.69, 9.17) is 9.47 Å². The number of benzene rings is 1. The van der Waals surface area contributed by atoms with Gasteiger partial charge in [0.2, 0.25) is 5.91 Å². The van der Waals surface area contributed by atoms with E-state index in [1.54, 1.807) is 26.2 Å². The number of rotatable bonds is 10. The number of hydrogen-bond donors (Lipinski definition) is 0. The summed E-state index contributed by atoms with van der Waals surface area (Å²) < 4.78 is 12.6. The monoisotopic (exact) mass is 402 g/mol. The Balaban J connectivity index is 1.60. The molecule has 1 aliphatic rings. The smallest absolute Gasteiger partial charge is 0.233 e. The van der Waals surface area contributed by atoms with Crippen molar-refractivity contribution >= 4 is 17.7 Å². The van der Waals surface area contributed by atoms with E-state index in [-0.39, 0.29) is 5.91 Å². The average Bonchev–Trinajstić information content (AvgIpc) is 3.47. The Morgan fingerprint density at radius 2 is 2.07 bits per heavy atom. The Labute approximate surface area is 169 Å². The van der Waals surface area contributed by atoms with E-state index in [0.717, 1.165) is 29.4 Å². The Morgan fingerprint density at radius 3 is 2.71 bits per heavy atom. The molecule has 1 aliphatic carbocycles. The van der Waals surface area contributed by atoms with Crippen LogP contribution in [0.25, 0.3) is 0 Å². The molecule has 150 valence electrons. The molecule has 1 heterocycles. The lowest BCUT2D eigenvalue weighted by molar-refractivity contribution is -0.127. The summed E-state index contributed by atoms with van der Waals surface area (Å²) in [7, 11) is 5.00. The molecule has 1 aromatic carbocycles. The van der Waals surface area contributed by atoms with Crippen molar-refractivity contribution in [1.29, 1.82) is 0 Å². The van der Waals surface area contributed by atoms with Crippen LogP contribution < -0.4 is 9.47 Å². The predicted molar refractivity (Wildman–Crippen MR) is 109 cm³/mol. The first-order chi connectivity index (χ1) is 13.6. The van der Waals surface area contributed by atoms with Crippen molar-refractivity contribution in [3.63, 3.8) is 0 Å². The third kappa shape index (κ3) is 4.67. The number of amides is 1. The van der Waals surface area contributed by atoms with Gasteiger partial charge in [0.1, 0.15) is 5.82 Å². The second kappa shape index (κ2) is 9.14. The fourth-order valence-electron chi connectivity index (χ4n) is 2.93. The first kappa shape index (κ1) is 20.3. The maximum Gasteiger partial charge on any atom is 0.233 e. The second-order valence-electron chi connectivity index (χ2n) is 6.74. The molecule has 0 spiro atoms. The van der Waals surface area contributed by atoms with Crippen LogP contribution in [0.4, 0.5) is 0 Å². The van der Waals surface area contributed by atoms with Crippen molar-refractivity contribution in [3.8, 4) is 11.5 Å². The van der Waals surface area contributed by atoms with Crippen LogP contribution in [0.1, 0.15) is 30.1 Å². The van der Waals surface area contributed by atoms with E-state index in [2.05, 4.69) is 21.3 Å². The summed E-state index contributed by atoms with van der Waals surface area (Å²) in [5.74, 6) is 3.17. The van der Waals surface area contributed by atoms with E-state index in [1.165, 1.54) is 11.8 Å². The van der Waals surface area contributed by atoms with Crippen molar-refractivity contribution in [2.75, 3.05) is 27.0 Å². The molecule has 0 radical (unpaired) electrons. The molecule has 0 bridgehead atoms. The molecule has 2 aromatic rings. The van der Waals surface area contributed by atoms with Gasteiger partial charge in [0.05, 0.1) is 20.0 Å². The number of methoxy groups -OCH3 is 2. The van der Waals surface area contributed by atoms with Gasteiger partial charge in [0.15, 0.2) is 16.7 Å². The van der Waals surface area contributed by atoms with Crippen molar-refractivity contribution in [1.82, 2.24) is 19.7 Å². The van der Waals surface area contributed by atoms with Crippen LogP contribution in [0.5, 0.6) is 11.5 Å². The minimum Gasteiger partial charge on any atom is -0.493 e. The lowest BCUT2D eigenvalue weighted by Gasteiger charge is -2.18. The van der Waals surface area contributed by atoms with Crippen LogP contribution in [0, 0.1) is 0 Å². The van der Waals surface area contributed by atoms with Crippen molar-refractivity contribution in [2.24, 2.45) is 0 Å². The van der Waals surface area contributed by atoms with Crippen LogP contribution >= 0.6 is 11.8 Å². The van der Waals surface area contributed by atoms with Gasteiger partial charge in [0, 0.05) is 26.1 Å². The number of carbonyl (C=O) groups is 1. The lowest BCUT2D eigenvalue weighted by Crippen LogP contribution is -2.28. The van der Waals surface area contributed by atoms with Crippen LogP contribution in [-0.4, -0.2) is 52.6 Å². The molecule has 1 amide bonds. The average molecular weight is 403 g/mol. The molecule has 7 nitrogen and oxygen atoms in total. The summed E-state index contributed by atoms with van der Waals surface area (Å²) >= 11 is 1.42. The zero-order valence-electron chi connectivity index (χ0n) is 16.6. The van der Waals surface area contributed by atoms with Crippen LogP contribution in [0.2, 0.25) is 0 Å². The SMILES string of the molecule is C=CCn1c(SCC(=O)N(C)Cc2ccc(OC)c(OC)c2)nnc1C1CC1. The molecule has 0 unspecified atom stereocenters. The van der Waals surface area contributed by atoms with Gasteiger partial charge in [-0.15, -0.1) is 16.8 Å². The minimum absolute atomic E-state index is 0.0286. The van der Waals surface area contributed by atoms with Gasteiger partial charge in [-0.1, -0.05) is 23.9 Å². The molecule has 1 saturated carbocycles. The second-order valence-corrected chi connectivity index (χ2v) is 7.68. The standard InChI is InChI=1S/C20H26N4O3S/c1-5-10-24-19(15-7-8-15)21-22-20(24)28-13-18(25)23(2)12-14-6-9-16(26-3)17(11-14)27-4/h5-6,9,11,15H,1,7-8,10,12-13H2,2-4H3. The fraction of sp³-hybridized carbons (Fsp3) is 0.450. The summed E-state index contributed by atoms with van der Waals surface area (Å²) in [6.45, 7) is 4.97. The predicted octanol–water partition coefficient (Wildman–Crippen LogP) is 3.11. The third-order valence-corrected chi connectivity index (χ3v) is 5.57. The number of nitrogens with zero attached hydrogens (tertiary/aromatic N) is 4. The number of carbonyl (C=O) groups excluding carboxylic acids is 1. The van der Waals surface area contributed by atoms with Crippen LogP contribution in [0.15, 0.2) is 36.0 Å². The van der Waals surface area contributed by atoms with E-state index < -0.39 is 0 Å². The highest BCUT2D eigenvalue weighted by molar-refractivity contribution is 7.99. The fourth-order valence-corrected chi connectivity index (χ4v) is 3.82. The zero-order chi connectivity index (χ0) is 20.1. The number of aromatic nitrogens is 3. The molecule has 3 rings (SSSR count). The Kier molecular flexibility index (Phi) is 6.61. The first-order valence-electron chi connectivity index (χ1n) is 9.19. The normalized spacial score (nSPS) is 13.2. The highest BCUT2D eigenvalue weighted by Gasteiger charge is 2.30. The Hall–Kier alpha value is -2.48. The molecule has 0 N–H and O–H groups in total. The summed E-state index contributed by atoms with van der Waals surface area (Å²) in [6, 6.07) is 5.66. The number of allylic oxidation sites excluding steroid dienone is 1. The molecule has 0 atom stereocenters.